The van der Waals surface area contributed by atoms with Crippen LogP contribution in [0.5, 0.6) is 23.0 Å². The van der Waals surface area contributed by atoms with Crippen LogP contribution in [0.1, 0.15) is 0 Å². The number of hydrogen-bond donors (Lipinski definition) is 1. The van der Waals surface area contributed by atoms with Gasteiger partial charge >= 0.3 is 0 Å². The van der Waals surface area contributed by atoms with Gasteiger partial charge in [-0.25, -0.2) is 4.98 Å². The summed E-state index contributed by atoms with van der Waals surface area (Å²) >= 11 is 0. The number of benzene rings is 4. The van der Waals surface area contributed by atoms with Gasteiger partial charge in [-0.2, -0.15) is 0 Å². The zero-order valence-corrected chi connectivity index (χ0v) is 20.2. The molecule has 2 N–H and O–H groups in total. The summed E-state index contributed by atoms with van der Waals surface area (Å²) in [4.78, 5) is 17.8. The monoisotopic (exact) mass is 484 g/mol. The molecule has 0 unspecified atom stereocenters. The second-order valence-corrected chi connectivity index (χ2v) is 8.07. The molecule has 0 saturated carbocycles. The molecular formula is C28H24N2O6. The molecule has 36 heavy (non-hydrogen) atoms. The van der Waals surface area contributed by atoms with Crippen molar-refractivity contribution in [2.75, 3.05) is 34.2 Å². The average Bonchev–Trinajstić information content (AvgIpc) is 2.90. The van der Waals surface area contributed by atoms with E-state index in [9.17, 15) is 4.79 Å². The topological polar surface area (TPSA) is 106 Å². The first-order valence-corrected chi connectivity index (χ1v) is 11.1. The van der Waals surface area contributed by atoms with Gasteiger partial charge in [0.05, 0.1) is 28.4 Å². The Morgan fingerprint density at radius 3 is 1.89 bits per heavy atom. The van der Waals surface area contributed by atoms with Crippen LogP contribution >= 0.6 is 0 Å². The van der Waals surface area contributed by atoms with Gasteiger partial charge < -0.3 is 29.1 Å². The maximum atomic E-state index is 13.0. The van der Waals surface area contributed by atoms with Crippen molar-refractivity contribution in [2.45, 2.75) is 0 Å². The molecule has 0 saturated heterocycles. The molecule has 0 fully saturated rings. The summed E-state index contributed by atoms with van der Waals surface area (Å²) in [6.07, 6.45) is 0. The third-order valence-corrected chi connectivity index (χ3v) is 6.05. The summed E-state index contributed by atoms with van der Waals surface area (Å²) in [7, 11) is 6.30. The van der Waals surface area contributed by atoms with Crippen LogP contribution in [-0.4, -0.2) is 33.4 Å². The smallest absolute Gasteiger partial charge is 0.190 e. The number of rotatable bonds is 6. The molecule has 1 aliphatic heterocycles. The molecule has 0 spiro atoms. The fourth-order valence-electron chi connectivity index (χ4n) is 4.21. The second kappa shape index (κ2) is 9.14. The summed E-state index contributed by atoms with van der Waals surface area (Å²) < 4.78 is 27.7. The normalized spacial score (nSPS) is 11.0. The van der Waals surface area contributed by atoms with Crippen LogP contribution in [0, 0.1) is 0 Å². The van der Waals surface area contributed by atoms with Crippen molar-refractivity contribution in [2.24, 2.45) is 0 Å². The highest BCUT2D eigenvalue weighted by molar-refractivity contribution is 5.92. The summed E-state index contributed by atoms with van der Waals surface area (Å²) in [5.41, 5.74) is 10.8. The van der Waals surface area contributed by atoms with E-state index in [1.165, 1.54) is 6.07 Å². The molecule has 3 aromatic rings. The van der Waals surface area contributed by atoms with Gasteiger partial charge in [0.25, 0.3) is 0 Å². The average molecular weight is 485 g/mol. The number of hydrogen-bond acceptors (Lipinski definition) is 8. The Balaban J connectivity index is 1.69. The molecule has 0 bridgehead atoms. The van der Waals surface area contributed by atoms with Crippen LogP contribution < -0.4 is 30.1 Å². The maximum Gasteiger partial charge on any atom is 0.190 e. The van der Waals surface area contributed by atoms with Gasteiger partial charge in [-0.3, -0.25) is 4.79 Å². The number of anilines is 1. The SMILES string of the molecule is COc1ccc(-c2cc3nc4cc(-c5ccc(OC)cc5OC)c(=O)cc-4oc3cc2N)c(OC)c1. The van der Waals surface area contributed by atoms with Crippen LogP contribution in [0.15, 0.2) is 69.9 Å². The van der Waals surface area contributed by atoms with Crippen molar-refractivity contribution >= 4 is 16.8 Å². The van der Waals surface area contributed by atoms with E-state index in [4.69, 9.17) is 34.1 Å². The number of fused-ring (bicyclic) bond motifs is 2. The Morgan fingerprint density at radius 1 is 0.694 bits per heavy atom. The van der Waals surface area contributed by atoms with E-state index in [1.54, 1.807) is 64.8 Å². The highest BCUT2D eigenvalue weighted by Crippen LogP contribution is 2.39. The van der Waals surface area contributed by atoms with E-state index in [2.05, 4.69) is 0 Å². The third kappa shape index (κ3) is 3.92. The lowest BCUT2D eigenvalue weighted by molar-refractivity contribution is 0.395. The molecule has 3 aromatic carbocycles. The molecule has 8 heteroatoms. The first-order valence-electron chi connectivity index (χ1n) is 11.1. The van der Waals surface area contributed by atoms with Crippen molar-refractivity contribution < 1.29 is 23.4 Å². The number of nitrogens with two attached hydrogens (primary N) is 1. The van der Waals surface area contributed by atoms with Gasteiger partial charge in [0.15, 0.2) is 16.8 Å². The van der Waals surface area contributed by atoms with E-state index >= 15 is 0 Å². The fourth-order valence-corrected chi connectivity index (χ4v) is 4.21. The van der Waals surface area contributed by atoms with Crippen LogP contribution in [-0.2, 0) is 0 Å². The molecule has 8 nitrogen and oxygen atoms in total. The Labute approximate surface area is 207 Å². The largest absolute Gasteiger partial charge is 0.497 e. The van der Waals surface area contributed by atoms with Gasteiger partial charge in [0.2, 0.25) is 0 Å². The molecule has 2 aliphatic rings. The molecular weight excluding hydrogens is 460 g/mol. The highest BCUT2D eigenvalue weighted by atomic mass is 16.5. The first kappa shape index (κ1) is 23.0. The minimum absolute atomic E-state index is 0.219. The zero-order chi connectivity index (χ0) is 25.4. The van der Waals surface area contributed by atoms with Gasteiger partial charge in [-0.1, -0.05) is 0 Å². The second-order valence-electron chi connectivity index (χ2n) is 8.07. The van der Waals surface area contributed by atoms with Crippen molar-refractivity contribution in [3.63, 3.8) is 0 Å². The Hall–Kier alpha value is -4.72. The lowest BCUT2D eigenvalue weighted by Crippen LogP contribution is -2.07. The number of methoxy groups -OCH3 is 4. The lowest BCUT2D eigenvalue weighted by atomic mass is 10.00. The first-order chi connectivity index (χ1) is 17.4. The number of ether oxygens (including phenoxy) is 4. The highest BCUT2D eigenvalue weighted by Gasteiger charge is 2.19. The van der Waals surface area contributed by atoms with Crippen molar-refractivity contribution in [3.05, 3.63) is 70.9 Å². The van der Waals surface area contributed by atoms with Crippen LogP contribution in [0.4, 0.5) is 5.69 Å². The van der Waals surface area contributed by atoms with Crippen molar-refractivity contribution in [1.29, 1.82) is 0 Å². The van der Waals surface area contributed by atoms with Gasteiger partial charge in [0.1, 0.15) is 34.2 Å². The number of nitrogens with zero attached hydrogens (tertiary/aromatic N) is 1. The fraction of sp³-hybridized carbons (Fsp3) is 0.143. The van der Waals surface area contributed by atoms with Gasteiger partial charge in [0, 0.05) is 52.2 Å². The minimum atomic E-state index is -0.219. The minimum Gasteiger partial charge on any atom is -0.497 e. The molecule has 0 aromatic heterocycles. The molecule has 1 aliphatic carbocycles. The van der Waals surface area contributed by atoms with E-state index in [1.807, 2.05) is 18.2 Å². The van der Waals surface area contributed by atoms with E-state index in [0.717, 1.165) is 11.1 Å². The van der Waals surface area contributed by atoms with E-state index in [-0.39, 0.29) is 5.43 Å². The third-order valence-electron chi connectivity index (χ3n) is 6.05. The van der Waals surface area contributed by atoms with Gasteiger partial charge in [-0.05, 0) is 36.4 Å². The molecule has 1 heterocycles. The van der Waals surface area contributed by atoms with E-state index < -0.39 is 0 Å². The lowest BCUT2D eigenvalue weighted by Gasteiger charge is -2.15. The zero-order valence-electron chi connectivity index (χ0n) is 20.2. The van der Waals surface area contributed by atoms with Gasteiger partial charge in [-0.15, -0.1) is 0 Å². The predicted octanol–water partition coefficient (Wildman–Crippen LogP) is 5.24. The predicted molar refractivity (Wildman–Crippen MR) is 138 cm³/mol. The quantitative estimate of drug-likeness (QED) is 0.258. The summed E-state index contributed by atoms with van der Waals surface area (Å²) in [6.45, 7) is 0. The van der Waals surface area contributed by atoms with Crippen LogP contribution in [0.2, 0.25) is 0 Å². The summed E-state index contributed by atoms with van der Waals surface area (Å²) in [5.74, 6) is 2.79. The molecule has 0 radical (unpaired) electrons. The molecule has 5 rings (SSSR count). The molecule has 0 amide bonds. The Kier molecular flexibility index (Phi) is 5.85. The maximum absolute atomic E-state index is 13.0. The van der Waals surface area contributed by atoms with Crippen molar-refractivity contribution in [1.82, 2.24) is 4.98 Å². The van der Waals surface area contributed by atoms with Crippen LogP contribution in [0.3, 0.4) is 0 Å². The van der Waals surface area contributed by atoms with E-state index in [0.29, 0.717) is 62.4 Å². The standard InChI is InChI=1S/C28H24N2O6/c1-32-15-5-7-17(25(9-15)34-3)19-11-22-27(13-21(19)29)36-28-14-24(31)20(12-23(28)30-22)18-8-6-16(33-2)10-26(18)35-4/h5-14H,29H2,1-4H3. The molecule has 0 atom stereocenters. The van der Waals surface area contributed by atoms with Crippen LogP contribution in [0.25, 0.3) is 44.8 Å². The Bertz CT molecular complexity index is 1630. The van der Waals surface area contributed by atoms with Crippen molar-refractivity contribution in [3.8, 4) is 56.7 Å². The summed E-state index contributed by atoms with van der Waals surface area (Å²) in [6, 6.07) is 17.5. The number of nitrogen functional groups attached to an aromatic ring is 1. The number of aromatic nitrogens is 1. The molecule has 182 valence electrons. The Morgan fingerprint density at radius 2 is 1.31 bits per heavy atom. The summed E-state index contributed by atoms with van der Waals surface area (Å²) in [5, 5.41) is 0.